The predicted molar refractivity (Wildman–Crippen MR) is 93.3 cm³/mol. The molecule has 3 aromatic carbocycles. The van der Waals surface area contributed by atoms with Crippen LogP contribution in [0.5, 0.6) is 17.2 Å². The molecule has 5 N–H and O–H groups in total. The van der Waals surface area contributed by atoms with Gasteiger partial charge in [-0.05, 0) is 60.7 Å². The van der Waals surface area contributed by atoms with Gasteiger partial charge in [0.25, 0.3) is 0 Å². The largest absolute Gasteiger partial charge is 0.507 e. The van der Waals surface area contributed by atoms with E-state index >= 15 is 0 Å². The molecular weight excluding hydrogens is 304 g/mol. The summed E-state index contributed by atoms with van der Waals surface area (Å²) >= 11 is 0. The minimum atomic E-state index is -0.286. The van der Waals surface area contributed by atoms with Crippen LogP contribution in [-0.4, -0.2) is 10.9 Å². The summed E-state index contributed by atoms with van der Waals surface area (Å²) in [6.45, 7) is 0. The van der Waals surface area contributed by atoms with Crippen LogP contribution in [-0.2, 0) is 0 Å². The number of nitrogen functional groups attached to an aromatic ring is 2. The van der Waals surface area contributed by atoms with Gasteiger partial charge in [0, 0.05) is 23.0 Å². The van der Waals surface area contributed by atoms with Crippen LogP contribution in [0.1, 0.15) is 15.9 Å². The lowest BCUT2D eigenvalue weighted by Gasteiger charge is -2.09. The van der Waals surface area contributed by atoms with Crippen molar-refractivity contribution in [3.05, 3.63) is 77.9 Å². The second-order valence-corrected chi connectivity index (χ2v) is 5.30. The molecule has 120 valence electrons. The smallest absolute Gasteiger partial charge is 0.196 e. The van der Waals surface area contributed by atoms with Crippen molar-refractivity contribution in [3.8, 4) is 17.2 Å². The van der Waals surface area contributed by atoms with E-state index in [9.17, 15) is 9.90 Å². The summed E-state index contributed by atoms with van der Waals surface area (Å²) in [6, 6.07) is 18.0. The average molecular weight is 320 g/mol. The number of carbonyl (C=O) groups excluding carboxylic acids is 1. The van der Waals surface area contributed by atoms with Crippen molar-refractivity contribution in [3.63, 3.8) is 0 Å². The number of anilines is 2. The van der Waals surface area contributed by atoms with Gasteiger partial charge in [0.15, 0.2) is 5.78 Å². The Morgan fingerprint density at radius 1 is 0.792 bits per heavy atom. The zero-order valence-electron chi connectivity index (χ0n) is 12.8. The molecule has 0 heterocycles. The van der Waals surface area contributed by atoms with Crippen molar-refractivity contribution in [2.45, 2.75) is 0 Å². The van der Waals surface area contributed by atoms with E-state index in [0.29, 0.717) is 28.4 Å². The number of ether oxygens (including phenoxy) is 1. The molecule has 0 fully saturated rings. The first kappa shape index (κ1) is 15.4. The number of phenols is 1. The molecular formula is C19H16N2O3. The van der Waals surface area contributed by atoms with Crippen molar-refractivity contribution in [2.24, 2.45) is 0 Å². The Hall–Kier alpha value is -3.47. The molecule has 0 radical (unpaired) electrons. The van der Waals surface area contributed by atoms with Gasteiger partial charge in [-0.2, -0.15) is 0 Å². The summed E-state index contributed by atoms with van der Waals surface area (Å²) in [5.41, 5.74) is 13.1. The van der Waals surface area contributed by atoms with Crippen molar-refractivity contribution in [1.29, 1.82) is 0 Å². The Kier molecular flexibility index (Phi) is 4.07. The third-order valence-corrected chi connectivity index (χ3v) is 3.50. The monoisotopic (exact) mass is 320 g/mol. The highest BCUT2D eigenvalue weighted by Crippen LogP contribution is 2.29. The topological polar surface area (TPSA) is 98.6 Å². The first-order valence-corrected chi connectivity index (χ1v) is 7.29. The Morgan fingerprint density at radius 3 is 1.92 bits per heavy atom. The summed E-state index contributed by atoms with van der Waals surface area (Å²) in [5, 5.41) is 10.2. The fourth-order valence-electron chi connectivity index (χ4n) is 2.23. The molecule has 0 bridgehead atoms. The molecule has 0 saturated carbocycles. The van der Waals surface area contributed by atoms with E-state index in [2.05, 4.69) is 0 Å². The number of benzene rings is 3. The van der Waals surface area contributed by atoms with Gasteiger partial charge in [0.1, 0.15) is 17.2 Å². The van der Waals surface area contributed by atoms with E-state index in [1.54, 1.807) is 54.6 Å². The highest BCUT2D eigenvalue weighted by atomic mass is 16.5. The standard InChI is InChI=1S/C19H16N2O3/c20-13-3-1-12(2-4-13)19(23)17-10-9-16(11-18(17)22)24-15-7-5-14(21)6-8-15/h1-11,22H,20-21H2. The lowest BCUT2D eigenvalue weighted by atomic mass is 10.0. The van der Waals surface area contributed by atoms with Crippen LogP contribution in [0.2, 0.25) is 0 Å². The minimum Gasteiger partial charge on any atom is -0.507 e. The van der Waals surface area contributed by atoms with Gasteiger partial charge in [0.05, 0.1) is 5.56 Å². The van der Waals surface area contributed by atoms with Crippen LogP contribution in [0.25, 0.3) is 0 Å². The van der Waals surface area contributed by atoms with Crippen LogP contribution in [0.3, 0.4) is 0 Å². The molecule has 24 heavy (non-hydrogen) atoms. The summed E-state index contributed by atoms with van der Waals surface area (Å²) in [6.07, 6.45) is 0. The predicted octanol–water partition coefficient (Wildman–Crippen LogP) is 3.58. The maximum atomic E-state index is 12.4. The third kappa shape index (κ3) is 3.30. The van der Waals surface area contributed by atoms with Gasteiger partial charge in [-0.1, -0.05) is 0 Å². The van der Waals surface area contributed by atoms with Gasteiger partial charge in [0.2, 0.25) is 0 Å². The molecule has 3 aromatic rings. The number of phenolic OH excluding ortho intramolecular Hbond substituents is 1. The normalized spacial score (nSPS) is 10.3. The molecule has 5 heteroatoms. The Bertz CT molecular complexity index is 872. The Balaban J connectivity index is 1.82. The maximum absolute atomic E-state index is 12.4. The Morgan fingerprint density at radius 2 is 1.33 bits per heavy atom. The SMILES string of the molecule is Nc1ccc(Oc2ccc(C(=O)c3ccc(N)cc3)c(O)c2)cc1. The number of carbonyl (C=O) groups is 1. The molecule has 0 aromatic heterocycles. The fourth-order valence-corrected chi connectivity index (χ4v) is 2.23. The van der Waals surface area contributed by atoms with Crippen molar-refractivity contribution in [2.75, 3.05) is 11.5 Å². The van der Waals surface area contributed by atoms with Crippen LogP contribution >= 0.6 is 0 Å². The molecule has 0 aliphatic carbocycles. The van der Waals surface area contributed by atoms with Crippen LogP contribution in [0, 0.1) is 0 Å². The first-order valence-electron chi connectivity index (χ1n) is 7.29. The van der Waals surface area contributed by atoms with Crippen LogP contribution in [0.15, 0.2) is 66.7 Å². The number of nitrogens with two attached hydrogens (primary N) is 2. The lowest BCUT2D eigenvalue weighted by molar-refractivity contribution is 0.103. The number of hydrogen-bond donors (Lipinski definition) is 3. The van der Waals surface area contributed by atoms with E-state index in [1.807, 2.05) is 0 Å². The lowest BCUT2D eigenvalue weighted by Crippen LogP contribution is -2.02. The van der Waals surface area contributed by atoms with Crippen molar-refractivity contribution in [1.82, 2.24) is 0 Å². The van der Waals surface area contributed by atoms with Gasteiger partial charge in [-0.25, -0.2) is 0 Å². The number of rotatable bonds is 4. The summed E-state index contributed by atoms with van der Waals surface area (Å²) < 4.78 is 5.63. The summed E-state index contributed by atoms with van der Waals surface area (Å²) in [7, 11) is 0. The molecule has 0 amide bonds. The van der Waals surface area contributed by atoms with Crippen molar-refractivity contribution < 1.29 is 14.6 Å². The number of hydrogen-bond acceptors (Lipinski definition) is 5. The minimum absolute atomic E-state index is 0.148. The van der Waals surface area contributed by atoms with Gasteiger partial charge >= 0.3 is 0 Å². The zero-order chi connectivity index (χ0) is 17.1. The summed E-state index contributed by atoms with van der Waals surface area (Å²) in [5.74, 6) is 0.573. The molecule has 0 aliphatic heterocycles. The van der Waals surface area contributed by atoms with Gasteiger partial charge in [-0.3, -0.25) is 4.79 Å². The highest BCUT2D eigenvalue weighted by Gasteiger charge is 2.14. The van der Waals surface area contributed by atoms with Crippen LogP contribution in [0.4, 0.5) is 11.4 Å². The average Bonchev–Trinajstić information content (AvgIpc) is 2.57. The molecule has 0 aliphatic rings. The van der Waals surface area contributed by atoms with Gasteiger partial charge in [-0.15, -0.1) is 0 Å². The highest BCUT2D eigenvalue weighted by molar-refractivity contribution is 6.10. The summed E-state index contributed by atoms with van der Waals surface area (Å²) in [4.78, 5) is 12.4. The Labute approximate surface area is 139 Å². The van der Waals surface area contributed by atoms with E-state index in [4.69, 9.17) is 16.2 Å². The molecule has 0 atom stereocenters. The maximum Gasteiger partial charge on any atom is 0.196 e. The molecule has 3 rings (SSSR count). The molecule has 0 unspecified atom stereocenters. The quantitative estimate of drug-likeness (QED) is 0.504. The molecule has 0 spiro atoms. The van der Waals surface area contributed by atoms with Gasteiger partial charge < -0.3 is 21.3 Å². The molecule has 5 nitrogen and oxygen atoms in total. The molecule has 0 saturated heterocycles. The number of aromatic hydroxyl groups is 1. The second-order valence-electron chi connectivity index (χ2n) is 5.30. The van der Waals surface area contributed by atoms with E-state index < -0.39 is 0 Å². The van der Waals surface area contributed by atoms with E-state index in [-0.39, 0.29) is 17.1 Å². The fraction of sp³-hybridized carbons (Fsp3) is 0. The second kappa shape index (κ2) is 6.34. The van der Waals surface area contributed by atoms with E-state index in [1.165, 1.54) is 12.1 Å². The van der Waals surface area contributed by atoms with Crippen LogP contribution < -0.4 is 16.2 Å². The first-order chi connectivity index (χ1) is 11.5. The van der Waals surface area contributed by atoms with E-state index in [0.717, 1.165) is 0 Å². The van der Waals surface area contributed by atoms with Crippen molar-refractivity contribution >= 4 is 17.2 Å². The number of ketones is 1. The third-order valence-electron chi connectivity index (χ3n) is 3.50. The zero-order valence-corrected chi connectivity index (χ0v) is 12.8.